The largest absolute Gasteiger partial charge is 0.339 e. The second-order valence-corrected chi connectivity index (χ2v) is 4.87. The van der Waals surface area contributed by atoms with Gasteiger partial charge in [0.1, 0.15) is 0 Å². The monoisotopic (exact) mass is 296 g/mol. The van der Waals surface area contributed by atoms with Crippen molar-refractivity contribution in [2.45, 2.75) is 19.9 Å². The Bertz CT molecular complexity index is 673. The summed E-state index contributed by atoms with van der Waals surface area (Å²) in [5.74, 6) is 0.906. The number of rotatable bonds is 4. The number of carbonyl (C=O) groups excluding carboxylic acids is 1. The molecule has 0 unspecified atom stereocenters. The van der Waals surface area contributed by atoms with E-state index in [4.69, 9.17) is 5.26 Å². The third-order valence-electron chi connectivity index (χ3n) is 2.61. The summed E-state index contributed by atoms with van der Waals surface area (Å²) in [6.45, 7) is 3.74. The molecule has 0 atom stereocenters. The lowest BCUT2D eigenvalue weighted by atomic mass is 10.2. The van der Waals surface area contributed by atoms with Gasteiger partial charge in [-0.25, -0.2) is 4.79 Å². The van der Waals surface area contributed by atoms with E-state index in [9.17, 15) is 4.79 Å². The molecule has 7 nitrogen and oxygen atoms in total. The van der Waals surface area contributed by atoms with Gasteiger partial charge in [0, 0.05) is 11.7 Å². The van der Waals surface area contributed by atoms with Gasteiger partial charge in [0.25, 0.3) is 0 Å². The van der Waals surface area contributed by atoms with E-state index in [1.807, 2.05) is 13.8 Å². The topological polar surface area (TPSA) is 103 Å². The van der Waals surface area contributed by atoms with Crippen molar-refractivity contribution in [2.75, 3.05) is 10.6 Å². The Labute approximate surface area is 128 Å². The molecule has 0 spiro atoms. The first-order chi connectivity index (χ1) is 10.6. The van der Waals surface area contributed by atoms with E-state index in [1.165, 1.54) is 0 Å². The predicted octanol–water partition coefficient (Wildman–Crippen LogP) is 2.62. The van der Waals surface area contributed by atoms with E-state index < -0.39 is 0 Å². The van der Waals surface area contributed by atoms with E-state index in [-0.39, 0.29) is 12.1 Å². The fraction of sp³-hybridized carbons (Fsp3) is 0.200. The molecule has 112 valence electrons. The van der Waals surface area contributed by atoms with Gasteiger partial charge in [-0.15, -0.1) is 10.2 Å². The number of amides is 2. The van der Waals surface area contributed by atoms with Crippen molar-refractivity contribution in [1.82, 2.24) is 15.5 Å². The van der Waals surface area contributed by atoms with Crippen LogP contribution in [0.5, 0.6) is 0 Å². The summed E-state index contributed by atoms with van der Waals surface area (Å²) in [4.78, 5) is 11.5. The van der Waals surface area contributed by atoms with Crippen LogP contribution < -0.4 is 16.0 Å². The zero-order valence-electron chi connectivity index (χ0n) is 12.3. The summed E-state index contributed by atoms with van der Waals surface area (Å²) in [6, 6.07) is 12.1. The zero-order valence-corrected chi connectivity index (χ0v) is 12.3. The van der Waals surface area contributed by atoms with Crippen molar-refractivity contribution in [3.8, 4) is 6.07 Å². The van der Waals surface area contributed by atoms with E-state index in [1.54, 1.807) is 36.4 Å². The molecule has 0 fully saturated rings. The normalized spacial score (nSPS) is 9.91. The molecular weight excluding hydrogens is 280 g/mol. The summed E-state index contributed by atoms with van der Waals surface area (Å²) in [5, 5.41) is 25.0. The summed E-state index contributed by atoms with van der Waals surface area (Å²) >= 11 is 0. The highest BCUT2D eigenvalue weighted by molar-refractivity contribution is 5.88. The summed E-state index contributed by atoms with van der Waals surface area (Å²) in [6.07, 6.45) is 0. The highest BCUT2D eigenvalue weighted by atomic mass is 16.2. The quantitative estimate of drug-likeness (QED) is 0.804. The van der Waals surface area contributed by atoms with Crippen molar-refractivity contribution in [2.24, 2.45) is 0 Å². The van der Waals surface area contributed by atoms with Gasteiger partial charge in [0.2, 0.25) is 0 Å². The molecule has 3 N–H and O–H groups in total. The van der Waals surface area contributed by atoms with Crippen LogP contribution in [0.2, 0.25) is 0 Å². The number of nitriles is 1. The van der Waals surface area contributed by atoms with Crippen LogP contribution in [0.25, 0.3) is 0 Å². The minimum absolute atomic E-state index is 0.0466. The molecule has 0 aliphatic rings. The number of aromatic nitrogens is 2. The van der Waals surface area contributed by atoms with Gasteiger partial charge in [0.15, 0.2) is 11.6 Å². The van der Waals surface area contributed by atoms with Crippen molar-refractivity contribution in [3.63, 3.8) is 0 Å². The molecule has 0 radical (unpaired) electrons. The third kappa shape index (κ3) is 4.45. The molecule has 1 aromatic carbocycles. The van der Waals surface area contributed by atoms with Gasteiger partial charge in [0.05, 0.1) is 11.6 Å². The van der Waals surface area contributed by atoms with Crippen LogP contribution >= 0.6 is 0 Å². The van der Waals surface area contributed by atoms with Gasteiger partial charge >= 0.3 is 6.03 Å². The van der Waals surface area contributed by atoms with E-state index in [0.717, 1.165) is 5.69 Å². The van der Waals surface area contributed by atoms with E-state index in [0.29, 0.717) is 17.2 Å². The van der Waals surface area contributed by atoms with Crippen LogP contribution in [0.1, 0.15) is 19.4 Å². The Morgan fingerprint density at radius 3 is 2.27 bits per heavy atom. The number of hydrogen-bond donors (Lipinski definition) is 3. The molecule has 0 bridgehead atoms. The first kappa shape index (κ1) is 15.3. The van der Waals surface area contributed by atoms with Crippen molar-refractivity contribution >= 4 is 23.4 Å². The van der Waals surface area contributed by atoms with Gasteiger partial charge in [-0.1, -0.05) is 0 Å². The van der Waals surface area contributed by atoms with Crippen LogP contribution in [-0.4, -0.2) is 22.3 Å². The summed E-state index contributed by atoms with van der Waals surface area (Å²) < 4.78 is 0. The van der Waals surface area contributed by atoms with Crippen LogP contribution in [0.15, 0.2) is 36.4 Å². The van der Waals surface area contributed by atoms with Crippen molar-refractivity contribution in [3.05, 3.63) is 42.0 Å². The molecule has 0 saturated carbocycles. The van der Waals surface area contributed by atoms with Crippen molar-refractivity contribution in [1.29, 1.82) is 5.26 Å². The zero-order chi connectivity index (χ0) is 15.9. The molecule has 0 aliphatic carbocycles. The average Bonchev–Trinajstić information content (AvgIpc) is 2.49. The van der Waals surface area contributed by atoms with E-state index in [2.05, 4.69) is 32.2 Å². The average molecular weight is 296 g/mol. The molecule has 2 amide bonds. The lowest BCUT2D eigenvalue weighted by molar-refractivity contribution is 0.250. The summed E-state index contributed by atoms with van der Waals surface area (Å²) in [5.41, 5.74) is 1.39. The van der Waals surface area contributed by atoms with Gasteiger partial charge < -0.3 is 10.6 Å². The van der Waals surface area contributed by atoms with Crippen LogP contribution in [0.4, 0.5) is 22.1 Å². The fourth-order valence-corrected chi connectivity index (χ4v) is 1.66. The second kappa shape index (κ2) is 7.04. The lowest BCUT2D eigenvalue weighted by Crippen LogP contribution is -2.34. The number of hydrogen-bond acceptors (Lipinski definition) is 5. The predicted molar refractivity (Wildman–Crippen MR) is 83.8 cm³/mol. The Kier molecular flexibility index (Phi) is 4.88. The van der Waals surface area contributed by atoms with Gasteiger partial charge in [-0.05, 0) is 50.2 Å². The number of nitrogens with zero attached hydrogens (tertiary/aromatic N) is 3. The number of urea groups is 1. The van der Waals surface area contributed by atoms with E-state index >= 15 is 0 Å². The Morgan fingerprint density at radius 2 is 1.73 bits per heavy atom. The Hall–Kier alpha value is -3.14. The molecule has 1 aromatic heterocycles. The van der Waals surface area contributed by atoms with Crippen molar-refractivity contribution < 1.29 is 4.79 Å². The lowest BCUT2D eigenvalue weighted by Gasteiger charge is -2.09. The first-order valence-electron chi connectivity index (χ1n) is 6.75. The standard InChI is InChI=1S/C15H16N6O/c1-10(2)17-15(22)19-14-8-7-13(20-21-14)18-12-5-3-11(9-16)4-6-12/h3-8,10H,1-2H3,(H,18,20)(H2,17,19,21,22). The highest BCUT2D eigenvalue weighted by Crippen LogP contribution is 2.15. The number of anilines is 3. The van der Waals surface area contributed by atoms with Crippen LogP contribution in [0, 0.1) is 11.3 Å². The second-order valence-electron chi connectivity index (χ2n) is 4.87. The minimum atomic E-state index is -0.322. The molecule has 2 rings (SSSR count). The first-order valence-corrected chi connectivity index (χ1v) is 6.75. The number of nitrogens with one attached hydrogen (secondary N) is 3. The summed E-state index contributed by atoms with van der Waals surface area (Å²) in [7, 11) is 0. The van der Waals surface area contributed by atoms with Crippen LogP contribution in [0.3, 0.4) is 0 Å². The Balaban J connectivity index is 1.96. The number of benzene rings is 1. The van der Waals surface area contributed by atoms with Gasteiger partial charge in [-0.2, -0.15) is 5.26 Å². The molecule has 22 heavy (non-hydrogen) atoms. The minimum Gasteiger partial charge on any atom is -0.339 e. The highest BCUT2D eigenvalue weighted by Gasteiger charge is 2.05. The van der Waals surface area contributed by atoms with Crippen LogP contribution in [-0.2, 0) is 0 Å². The maximum atomic E-state index is 11.5. The molecule has 2 aromatic rings. The maximum absolute atomic E-state index is 11.5. The SMILES string of the molecule is CC(C)NC(=O)Nc1ccc(Nc2ccc(C#N)cc2)nn1. The third-order valence-corrected chi connectivity index (χ3v) is 2.61. The smallest absolute Gasteiger partial charge is 0.320 e. The fourth-order valence-electron chi connectivity index (χ4n) is 1.66. The molecular formula is C15H16N6O. The number of carbonyl (C=O) groups is 1. The maximum Gasteiger partial charge on any atom is 0.320 e. The molecule has 1 heterocycles. The molecule has 7 heteroatoms. The Morgan fingerprint density at radius 1 is 1.09 bits per heavy atom. The molecule has 0 saturated heterocycles. The molecule has 0 aliphatic heterocycles. The van der Waals surface area contributed by atoms with Gasteiger partial charge in [-0.3, -0.25) is 5.32 Å².